The summed E-state index contributed by atoms with van der Waals surface area (Å²) in [6, 6.07) is 8.82. The van der Waals surface area contributed by atoms with Gasteiger partial charge in [0.2, 0.25) is 5.78 Å². The largest absolute Gasteiger partial charge is 0.453 e. The Morgan fingerprint density at radius 1 is 1.37 bits per heavy atom. The van der Waals surface area contributed by atoms with Gasteiger partial charge >= 0.3 is 0 Å². The highest BCUT2D eigenvalue weighted by Crippen LogP contribution is 2.19. The second kappa shape index (κ2) is 6.10. The van der Waals surface area contributed by atoms with Gasteiger partial charge in [-0.2, -0.15) is 0 Å². The molecule has 2 aromatic rings. The lowest BCUT2D eigenvalue weighted by Gasteiger charge is -2.05. The number of hydrogen-bond donors (Lipinski definition) is 2. The summed E-state index contributed by atoms with van der Waals surface area (Å²) in [6.45, 7) is -0.468. The molecule has 6 heteroatoms. The van der Waals surface area contributed by atoms with Crippen molar-refractivity contribution in [2.45, 2.75) is 6.10 Å². The van der Waals surface area contributed by atoms with Crippen molar-refractivity contribution in [3.8, 4) is 0 Å². The highest BCUT2D eigenvalue weighted by molar-refractivity contribution is 7.85. The van der Waals surface area contributed by atoms with E-state index in [0.717, 1.165) is 5.39 Å². The number of carbonyl (C=O) groups excluding carboxylic acids is 1. The fourth-order valence-corrected chi connectivity index (χ4v) is 2.75. The Morgan fingerprint density at radius 3 is 2.79 bits per heavy atom. The van der Waals surface area contributed by atoms with Gasteiger partial charge in [0.15, 0.2) is 5.76 Å². The summed E-state index contributed by atoms with van der Waals surface area (Å²) in [5.74, 6) is -0.563. The lowest BCUT2D eigenvalue weighted by Crippen LogP contribution is -2.24. The molecule has 102 valence electrons. The van der Waals surface area contributed by atoms with E-state index in [1.165, 1.54) is 0 Å². The van der Waals surface area contributed by atoms with Crippen molar-refractivity contribution in [1.82, 2.24) is 0 Å². The number of para-hydroxylation sites is 1. The van der Waals surface area contributed by atoms with Gasteiger partial charge in [-0.25, -0.2) is 0 Å². The average Bonchev–Trinajstić information content (AvgIpc) is 2.82. The molecule has 0 saturated carbocycles. The highest BCUT2D eigenvalue weighted by Gasteiger charge is 2.17. The molecule has 0 aliphatic rings. The molecule has 0 fully saturated rings. The zero-order valence-corrected chi connectivity index (χ0v) is 10.9. The summed E-state index contributed by atoms with van der Waals surface area (Å²) in [4.78, 5) is 11.9. The fraction of sp³-hybridized carbons (Fsp3) is 0.308. The van der Waals surface area contributed by atoms with Crippen molar-refractivity contribution in [2.75, 3.05) is 18.1 Å². The van der Waals surface area contributed by atoms with Crippen LogP contribution in [0.1, 0.15) is 10.6 Å². The highest BCUT2D eigenvalue weighted by atomic mass is 32.2. The zero-order valence-electron chi connectivity index (χ0n) is 10.1. The van der Waals surface area contributed by atoms with E-state index in [-0.39, 0.29) is 23.0 Å². The monoisotopic (exact) mass is 282 g/mol. The molecule has 0 aliphatic heterocycles. The maximum atomic E-state index is 11.9. The number of hydrogen-bond acceptors (Lipinski definition) is 5. The fourth-order valence-electron chi connectivity index (χ4n) is 1.66. The molecule has 0 amide bonds. The van der Waals surface area contributed by atoms with Crippen molar-refractivity contribution in [3.05, 3.63) is 36.1 Å². The van der Waals surface area contributed by atoms with Crippen LogP contribution in [0.4, 0.5) is 0 Å². The van der Waals surface area contributed by atoms with Crippen molar-refractivity contribution in [2.24, 2.45) is 0 Å². The van der Waals surface area contributed by atoms with Gasteiger partial charge in [-0.1, -0.05) is 18.2 Å². The topological polar surface area (TPSA) is 87.7 Å². The van der Waals surface area contributed by atoms with Crippen molar-refractivity contribution < 1.29 is 23.6 Å². The molecule has 0 saturated heterocycles. The molecule has 2 N–H and O–H groups in total. The van der Waals surface area contributed by atoms with Gasteiger partial charge in [-0.15, -0.1) is 0 Å². The molecular weight excluding hydrogens is 268 g/mol. The third-order valence-electron chi connectivity index (χ3n) is 2.58. The molecule has 1 aromatic heterocycles. The Labute approximate surface area is 112 Å². The normalized spacial score (nSPS) is 14.4. The minimum absolute atomic E-state index is 0.123. The summed E-state index contributed by atoms with van der Waals surface area (Å²) in [5, 5.41) is 18.6. The number of rotatable bonds is 6. The van der Waals surface area contributed by atoms with Crippen LogP contribution in [0, 0.1) is 0 Å². The average molecular weight is 282 g/mol. The minimum Gasteiger partial charge on any atom is -0.453 e. The second-order valence-electron chi connectivity index (χ2n) is 4.16. The molecule has 0 aliphatic carbocycles. The Morgan fingerprint density at radius 2 is 2.11 bits per heavy atom. The van der Waals surface area contributed by atoms with Crippen LogP contribution in [0.25, 0.3) is 11.0 Å². The van der Waals surface area contributed by atoms with Crippen LogP contribution >= 0.6 is 0 Å². The molecule has 0 radical (unpaired) electrons. The van der Waals surface area contributed by atoms with Crippen LogP contribution in [0.15, 0.2) is 34.7 Å². The number of furan rings is 1. The SMILES string of the molecule is O=C(CS(=O)CC(O)CO)c1cc2ccccc2o1. The van der Waals surface area contributed by atoms with Gasteiger partial charge < -0.3 is 14.6 Å². The number of benzene rings is 1. The van der Waals surface area contributed by atoms with E-state index in [1.54, 1.807) is 18.2 Å². The van der Waals surface area contributed by atoms with Gasteiger partial charge in [0.1, 0.15) is 5.58 Å². The number of Topliss-reactive ketones (excluding diaryl/α,β-unsaturated/α-hetero) is 1. The van der Waals surface area contributed by atoms with E-state index in [4.69, 9.17) is 14.6 Å². The van der Waals surface area contributed by atoms with Crippen LogP contribution < -0.4 is 0 Å². The van der Waals surface area contributed by atoms with Gasteiger partial charge in [-0.05, 0) is 12.1 Å². The molecular formula is C13H14O5S. The molecule has 5 nitrogen and oxygen atoms in total. The smallest absolute Gasteiger partial charge is 0.210 e. The Balaban J connectivity index is 2.05. The first-order chi connectivity index (χ1) is 9.10. The summed E-state index contributed by atoms with van der Waals surface area (Å²) in [6.07, 6.45) is -1.07. The quantitative estimate of drug-likeness (QED) is 0.762. The number of ketones is 1. The lowest BCUT2D eigenvalue weighted by atomic mass is 10.2. The summed E-state index contributed by atoms with van der Waals surface area (Å²) >= 11 is 0. The van der Waals surface area contributed by atoms with Crippen LogP contribution in [0.3, 0.4) is 0 Å². The van der Waals surface area contributed by atoms with Crippen LogP contribution in [-0.4, -0.2) is 44.4 Å². The molecule has 0 spiro atoms. The summed E-state index contributed by atoms with van der Waals surface area (Å²) in [7, 11) is -1.52. The number of aliphatic hydroxyl groups is 2. The number of fused-ring (bicyclic) bond motifs is 1. The molecule has 2 atom stereocenters. The van der Waals surface area contributed by atoms with Crippen molar-refractivity contribution in [1.29, 1.82) is 0 Å². The predicted octanol–water partition coefficient (Wildman–Crippen LogP) is 0.717. The summed E-state index contributed by atoms with van der Waals surface area (Å²) < 4.78 is 17.0. The van der Waals surface area contributed by atoms with E-state index in [9.17, 15) is 9.00 Å². The number of carbonyl (C=O) groups is 1. The first kappa shape index (κ1) is 13.9. The van der Waals surface area contributed by atoms with Crippen LogP contribution in [-0.2, 0) is 10.8 Å². The molecule has 19 heavy (non-hydrogen) atoms. The molecule has 1 aromatic carbocycles. The Kier molecular flexibility index (Phi) is 4.47. The third kappa shape index (κ3) is 3.50. The standard InChI is InChI=1S/C13H14O5S/c14-6-10(15)7-19(17)8-11(16)13-5-9-3-1-2-4-12(9)18-13/h1-5,10,14-15H,6-8H2. The zero-order chi connectivity index (χ0) is 13.8. The van der Waals surface area contributed by atoms with Crippen LogP contribution in [0.5, 0.6) is 0 Å². The van der Waals surface area contributed by atoms with Gasteiger partial charge in [0.25, 0.3) is 0 Å². The van der Waals surface area contributed by atoms with Gasteiger partial charge in [0, 0.05) is 16.2 Å². The van der Waals surface area contributed by atoms with E-state index in [2.05, 4.69) is 0 Å². The van der Waals surface area contributed by atoms with E-state index < -0.39 is 23.5 Å². The first-order valence-corrected chi connectivity index (χ1v) is 7.24. The van der Waals surface area contributed by atoms with E-state index in [1.807, 2.05) is 12.1 Å². The number of aliphatic hydroxyl groups excluding tert-OH is 2. The summed E-state index contributed by atoms with van der Waals surface area (Å²) in [5.41, 5.74) is 0.604. The third-order valence-corrected chi connectivity index (χ3v) is 3.92. The van der Waals surface area contributed by atoms with Crippen molar-refractivity contribution in [3.63, 3.8) is 0 Å². The molecule has 1 heterocycles. The van der Waals surface area contributed by atoms with E-state index >= 15 is 0 Å². The molecule has 2 rings (SSSR count). The van der Waals surface area contributed by atoms with Gasteiger partial charge in [0.05, 0.1) is 24.2 Å². The van der Waals surface area contributed by atoms with Crippen LogP contribution in [0.2, 0.25) is 0 Å². The maximum Gasteiger partial charge on any atom is 0.210 e. The van der Waals surface area contributed by atoms with E-state index in [0.29, 0.717) is 5.58 Å². The lowest BCUT2D eigenvalue weighted by molar-refractivity contribution is 0.0991. The Hall–Kier alpha value is -1.50. The molecule has 0 bridgehead atoms. The van der Waals surface area contributed by atoms with Crippen molar-refractivity contribution >= 4 is 27.6 Å². The maximum absolute atomic E-state index is 11.9. The second-order valence-corrected chi connectivity index (χ2v) is 5.66. The predicted molar refractivity (Wildman–Crippen MR) is 71.5 cm³/mol. The first-order valence-electron chi connectivity index (χ1n) is 5.76. The Bertz CT molecular complexity index is 571. The van der Waals surface area contributed by atoms with Gasteiger partial charge in [-0.3, -0.25) is 9.00 Å². The minimum atomic E-state index is -1.52. The molecule has 2 unspecified atom stereocenters.